The molecule has 0 nitrogen and oxygen atoms in total. The minimum absolute atomic E-state index is 0.303. The van der Waals surface area contributed by atoms with E-state index in [0.29, 0.717) is 11.1 Å². The lowest BCUT2D eigenvalue weighted by molar-refractivity contribution is 0.611. The monoisotopic (exact) mass is 270 g/mol. The van der Waals surface area contributed by atoms with Crippen molar-refractivity contribution in [1.29, 1.82) is 0 Å². The van der Waals surface area contributed by atoms with E-state index in [2.05, 4.69) is 81.4 Å². The first-order chi connectivity index (χ1) is 9.15. The number of rotatable bonds is 5. The molecule has 2 aromatic rings. The van der Waals surface area contributed by atoms with Crippen LogP contribution >= 0.6 is 8.58 Å². The van der Waals surface area contributed by atoms with Crippen molar-refractivity contribution in [3.8, 4) is 0 Å². The summed E-state index contributed by atoms with van der Waals surface area (Å²) in [5.41, 5.74) is 2.86. The van der Waals surface area contributed by atoms with Gasteiger partial charge in [0.1, 0.15) is 0 Å². The summed E-state index contributed by atoms with van der Waals surface area (Å²) in [6.07, 6.45) is 1.25. The van der Waals surface area contributed by atoms with Gasteiger partial charge in [0.25, 0.3) is 0 Å². The van der Waals surface area contributed by atoms with Crippen LogP contribution < -0.4 is 0 Å². The largest absolute Gasteiger partial charge is 0.116 e. The minimum Gasteiger partial charge on any atom is -0.116 e. The molecule has 1 atom stereocenters. The van der Waals surface area contributed by atoms with Crippen molar-refractivity contribution in [3.63, 3.8) is 0 Å². The topological polar surface area (TPSA) is 0 Å². The van der Waals surface area contributed by atoms with Crippen molar-refractivity contribution in [2.75, 3.05) is 6.16 Å². The standard InChI is InChI=1S/C18H23P/c1-4-19-18(2,3)17(15-11-7-5-8-12-15)16-13-9-6-10-14-16/h5-14,17,19H,4H2,1-3H3. The zero-order valence-corrected chi connectivity index (χ0v) is 13.1. The van der Waals surface area contributed by atoms with Gasteiger partial charge in [-0.05, 0) is 22.4 Å². The molecule has 0 aliphatic carbocycles. The third-order valence-electron chi connectivity index (χ3n) is 3.62. The average molecular weight is 270 g/mol. The maximum absolute atomic E-state index is 2.40. The van der Waals surface area contributed by atoms with E-state index in [9.17, 15) is 0 Å². The number of hydrogen-bond acceptors (Lipinski definition) is 0. The van der Waals surface area contributed by atoms with E-state index in [1.807, 2.05) is 0 Å². The lowest BCUT2D eigenvalue weighted by Gasteiger charge is -2.35. The molecule has 2 rings (SSSR count). The highest BCUT2D eigenvalue weighted by Crippen LogP contribution is 2.46. The Kier molecular flexibility index (Phi) is 4.77. The summed E-state index contributed by atoms with van der Waals surface area (Å²) >= 11 is 0. The van der Waals surface area contributed by atoms with Crippen molar-refractivity contribution in [2.45, 2.75) is 31.8 Å². The van der Waals surface area contributed by atoms with Crippen LogP contribution in [0.25, 0.3) is 0 Å². The summed E-state index contributed by atoms with van der Waals surface area (Å²) in [6.45, 7) is 7.09. The molecule has 0 amide bonds. The smallest absolute Gasteiger partial charge is 0.0177 e. The highest BCUT2D eigenvalue weighted by molar-refractivity contribution is 7.39. The Labute approximate surface area is 119 Å². The molecular formula is C18H23P. The van der Waals surface area contributed by atoms with Gasteiger partial charge in [-0.25, -0.2) is 0 Å². The van der Waals surface area contributed by atoms with Gasteiger partial charge < -0.3 is 0 Å². The van der Waals surface area contributed by atoms with Crippen molar-refractivity contribution < 1.29 is 0 Å². The van der Waals surface area contributed by atoms with Gasteiger partial charge in [0.05, 0.1) is 0 Å². The summed E-state index contributed by atoms with van der Waals surface area (Å²) < 4.78 is 0. The second-order valence-corrected chi connectivity index (χ2v) is 7.86. The molecule has 0 saturated carbocycles. The Morgan fingerprint density at radius 1 is 0.842 bits per heavy atom. The van der Waals surface area contributed by atoms with Gasteiger partial charge >= 0.3 is 0 Å². The normalized spacial score (nSPS) is 12.4. The van der Waals surface area contributed by atoms with E-state index in [1.54, 1.807) is 0 Å². The maximum atomic E-state index is 2.40. The summed E-state index contributed by atoms with van der Waals surface area (Å²) in [5.74, 6) is 0.480. The van der Waals surface area contributed by atoms with Gasteiger partial charge in [0, 0.05) is 5.92 Å². The quantitative estimate of drug-likeness (QED) is 0.647. The van der Waals surface area contributed by atoms with Gasteiger partial charge in [-0.15, -0.1) is 8.58 Å². The fourth-order valence-corrected chi connectivity index (χ4v) is 4.32. The zero-order valence-electron chi connectivity index (χ0n) is 12.1. The molecule has 0 N–H and O–H groups in total. The Bertz CT molecular complexity index is 448. The van der Waals surface area contributed by atoms with Crippen molar-refractivity contribution in [3.05, 3.63) is 71.8 Å². The van der Waals surface area contributed by atoms with Crippen molar-refractivity contribution in [2.24, 2.45) is 0 Å². The Balaban J connectivity index is 2.46. The van der Waals surface area contributed by atoms with Gasteiger partial charge in [0.2, 0.25) is 0 Å². The first kappa shape index (κ1) is 14.3. The molecule has 0 aromatic heterocycles. The SMILES string of the molecule is CCPC(C)(C)C(c1ccccc1)c1ccccc1. The molecule has 0 saturated heterocycles. The summed E-state index contributed by atoms with van der Waals surface area (Å²) in [7, 11) is 0.973. The van der Waals surface area contributed by atoms with Gasteiger partial charge in [0.15, 0.2) is 0 Å². The van der Waals surface area contributed by atoms with E-state index in [0.717, 1.165) is 8.58 Å². The molecule has 0 bridgehead atoms. The van der Waals surface area contributed by atoms with Crippen LogP contribution in [-0.2, 0) is 0 Å². The van der Waals surface area contributed by atoms with Gasteiger partial charge in [-0.1, -0.05) is 81.4 Å². The van der Waals surface area contributed by atoms with Crippen LogP contribution in [-0.4, -0.2) is 11.3 Å². The predicted octanol–water partition coefficient (Wildman–Crippen LogP) is 5.30. The van der Waals surface area contributed by atoms with Crippen molar-refractivity contribution in [1.82, 2.24) is 0 Å². The van der Waals surface area contributed by atoms with E-state index in [-0.39, 0.29) is 0 Å². The second-order valence-electron chi connectivity index (χ2n) is 5.51. The van der Waals surface area contributed by atoms with Crippen LogP contribution in [0.1, 0.15) is 37.8 Å². The molecule has 100 valence electrons. The predicted molar refractivity (Wildman–Crippen MR) is 87.7 cm³/mol. The third-order valence-corrected chi connectivity index (χ3v) is 5.17. The van der Waals surface area contributed by atoms with Crippen LogP contribution in [0.4, 0.5) is 0 Å². The lowest BCUT2D eigenvalue weighted by Crippen LogP contribution is -2.25. The van der Waals surface area contributed by atoms with Crippen LogP contribution in [0.2, 0.25) is 0 Å². The molecule has 19 heavy (non-hydrogen) atoms. The van der Waals surface area contributed by atoms with E-state index < -0.39 is 0 Å². The second kappa shape index (κ2) is 6.35. The highest BCUT2D eigenvalue weighted by atomic mass is 31.1. The molecule has 0 aliphatic rings. The zero-order chi connectivity index (χ0) is 13.7. The summed E-state index contributed by atoms with van der Waals surface area (Å²) in [6, 6.07) is 21.8. The molecule has 1 heteroatoms. The molecule has 0 radical (unpaired) electrons. The van der Waals surface area contributed by atoms with Crippen LogP contribution in [0.15, 0.2) is 60.7 Å². The minimum atomic E-state index is 0.303. The Morgan fingerprint density at radius 3 is 1.63 bits per heavy atom. The van der Waals surface area contributed by atoms with Gasteiger partial charge in [-0.3, -0.25) is 0 Å². The van der Waals surface area contributed by atoms with Crippen LogP contribution in [0.5, 0.6) is 0 Å². The summed E-state index contributed by atoms with van der Waals surface area (Å²) in [5, 5.41) is 0.303. The molecule has 0 spiro atoms. The van der Waals surface area contributed by atoms with E-state index in [4.69, 9.17) is 0 Å². The molecule has 0 fully saturated rings. The maximum Gasteiger partial charge on any atom is 0.0177 e. The Morgan fingerprint density at radius 2 is 1.26 bits per heavy atom. The fraction of sp³-hybridized carbons (Fsp3) is 0.333. The third kappa shape index (κ3) is 3.45. The molecule has 1 unspecified atom stereocenters. The molecule has 0 heterocycles. The Hall–Kier alpha value is -1.13. The highest BCUT2D eigenvalue weighted by Gasteiger charge is 2.31. The van der Waals surface area contributed by atoms with Crippen LogP contribution in [0.3, 0.4) is 0 Å². The molecule has 2 aromatic carbocycles. The fourth-order valence-electron chi connectivity index (χ4n) is 2.87. The lowest BCUT2D eigenvalue weighted by atomic mass is 9.82. The van der Waals surface area contributed by atoms with E-state index in [1.165, 1.54) is 17.3 Å². The van der Waals surface area contributed by atoms with E-state index >= 15 is 0 Å². The van der Waals surface area contributed by atoms with Gasteiger partial charge in [-0.2, -0.15) is 0 Å². The van der Waals surface area contributed by atoms with Crippen LogP contribution in [0, 0.1) is 0 Å². The average Bonchev–Trinajstić information content (AvgIpc) is 2.41. The number of hydrogen-bond donors (Lipinski definition) is 0. The van der Waals surface area contributed by atoms with Crippen molar-refractivity contribution >= 4 is 8.58 Å². The molecule has 0 aliphatic heterocycles. The summed E-state index contributed by atoms with van der Waals surface area (Å²) in [4.78, 5) is 0. The first-order valence-corrected chi connectivity index (χ1v) is 8.21. The molecular weight excluding hydrogens is 247 g/mol. The number of benzene rings is 2. The first-order valence-electron chi connectivity index (χ1n) is 7.00.